The van der Waals surface area contributed by atoms with Crippen LogP contribution in [0.25, 0.3) is 0 Å². The number of nitrogens with two attached hydrogens (primary N) is 1. The summed E-state index contributed by atoms with van der Waals surface area (Å²) in [5.74, 6) is 0. The first-order chi connectivity index (χ1) is 47.2. The Morgan fingerprint density at radius 3 is 0.560 bits per heavy atom. The van der Waals surface area contributed by atoms with Crippen molar-refractivity contribution < 1.29 is 0 Å². The van der Waals surface area contributed by atoms with Crippen LogP contribution in [-0.2, 0) is 21.7 Å². The molecule has 0 aliphatic heterocycles. The van der Waals surface area contributed by atoms with Gasteiger partial charge in [0.05, 0.1) is 0 Å². The fraction of sp³-hybridized carbons (Fsp3) is 0.152. The maximum Gasteiger partial charge on any atom is 0.0463 e. The van der Waals surface area contributed by atoms with Gasteiger partial charge in [-0.1, -0.05) is 288 Å². The first-order valence-corrected chi connectivity index (χ1v) is 36.5. The monoisotopic (exact) mass is 1610 g/mol. The molecule has 0 saturated carbocycles. The zero-order chi connectivity index (χ0) is 69.0. The van der Waals surface area contributed by atoms with Gasteiger partial charge in [0.15, 0.2) is 0 Å². The second-order valence-corrected chi connectivity index (χ2v) is 30.6. The van der Waals surface area contributed by atoms with Crippen LogP contribution in [0.5, 0.6) is 0 Å². The molecule has 0 aromatic heterocycles. The number of hydrogen-bond acceptors (Lipinski definition) is 4. The molecule has 100 heavy (non-hydrogen) atoms. The Hall–Kier alpha value is -8.77. The molecule has 0 heterocycles. The molecule has 0 atom stereocenters. The zero-order valence-electron chi connectivity index (χ0n) is 56.8. The van der Waals surface area contributed by atoms with Crippen LogP contribution in [0.3, 0.4) is 0 Å². The third-order valence-corrected chi connectivity index (χ3v) is 21.2. The van der Waals surface area contributed by atoms with E-state index in [1.165, 1.54) is 48.1 Å². The number of rotatable bonds is 17. The first kappa shape index (κ1) is 75.4. The van der Waals surface area contributed by atoms with E-state index in [9.17, 15) is 0 Å². The van der Waals surface area contributed by atoms with Gasteiger partial charge in [0.2, 0.25) is 0 Å². The summed E-state index contributed by atoms with van der Waals surface area (Å²) < 4.78 is 4.51. The summed E-state index contributed by atoms with van der Waals surface area (Å²) in [4.78, 5) is 6.93. The van der Waals surface area contributed by atoms with E-state index < -0.39 is 0 Å². The molecular formula is C92H90Br3IN4. The van der Waals surface area contributed by atoms with Gasteiger partial charge in [-0.3, -0.25) is 0 Å². The van der Waals surface area contributed by atoms with Crippen LogP contribution in [-0.4, -0.2) is 0 Å². The molecular weight excluding hydrogens is 1530 g/mol. The van der Waals surface area contributed by atoms with Gasteiger partial charge < -0.3 is 20.4 Å². The van der Waals surface area contributed by atoms with E-state index in [0.717, 1.165) is 70.3 Å². The summed E-state index contributed by atoms with van der Waals surface area (Å²) in [5.41, 5.74) is 26.5. The van der Waals surface area contributed by atoms with Crippen molar-refractivity contribution in [2.75, 3.05) is 20.4 Å². The van der Waals surface area contributed by atoms with E-state index in [4.69, 9.17) is 5.73 Å². The molecule has 0 aliphatic rings. The third-order valence-electron chi connectivity index (χ3n) is 18.9. The maximum absolute atomic E-state index is 6.03. The second-order valence-electron chi connectivity index (χ2n) is 26.7. The highest BCUT2D eigenvalue weighted by Crippen LogP contribution is 2.44. The lowest BCUT2D eigenvalue weighted by atomic mass is 9.78. The van der Waals surface area contributed by atoms with Crippen LogP contribution in [0, 0.1) is 3.57 Å². The van der Waals surface area contributed by atoms with Gasteiger partial charge in [-0.2, -0.15) is 0 Å². The molecule has 4 nitrogen and oxygen atoms in total. The average Bonchev–Trinajstić information content (AvgIpc) is 0.817. The molecule has 2 N–H and O–H groups in total. The Kier molecular flexibility index (Phi) is 25.3. The van der Waals surface area contributed by atoms with Crippen molar-refractivity contribution in [2.45, 2.75) is 91.9 Å². The lowest BCUT2D eigenvalue weighted by Gasteiger charge is -2.31. The van der Waals surface area contributed by atoms with Gasteiger partial charge in [-0.25, -0.2) is 0 Å². The number of nitrogen functional groups attached to an aromatic ring is 1. The van der Waals surface area contributed by atoms with Crippen LogP contribution in [0.2, 0.25) is 0 Å². The van der Waals surface area contributed by atoms with E-state index in [1.807, 2.05) is 24.3 Å². The summed E-state index contributed by atoms with van der Waals surface area (Å²) in [7, 11) is 0. The standard InChI is InChI=1S/C48H42Br2N2.C36H36N2.C6H4BrI.2CH4/c1-47(2,35-11-7-5-8-12-35)37-15-23-41(24-16-37)51(42-25-17-38(18-26-42)48(3,4)36-13-9-6-10-14-36)45-31-33-46(34-32-45)52(43-27-19-39(49)20-28-43)44-29-21-40(50)22-30-44;1-35(2,27-11-7-5-8-12-27)29-15-21-32(22-16-29)38(34-25-19-31(37)20-26-34)33-23-17-30(18-24-33)36(3,4)28-13-9-6-10-14-28;7-5-1-3-6(8)4-2-5;;/h5-34H,1-4H3;5-26H,37H2,1-4H3;1-4H;2*1H4. The molecule has 0 saturated heterocycles. The van der Waals surface area contributed by atoms with Crippen molar-refractivity contribution in [3.8, 4) is 0 Å². The third kappa shape index (κ3) is 17.9. The number of halogens is 4. The minimum Gasteiger partial charge on any atom is -0.399 e. The van der Waals surface area contributed by atoms with E-state index in [0.29, 0.717) is 0 Å². The fourth-order valence-corrected chi connectivity index (χ4v) is 13.7. The molecule has 0 fully saturated rings. The molecule has 0 bridgehead atoms. The predicted molar refractivity (Wildman–Crippen MR) is 451 cm³/mol. The van der Waals surface area contributed by atoms with Crippen LogP contribution >= 0.6 is 70.4 Å². The fourth-order valence-electron chi connectivity index (χ4n) is 12.5. The average molecular weight is 1620 g/mol. The van der Waals surface area contributed by atoms with E-state index in [2.05, 4.69) is 456 Å². The minimum absolute atomic E-state index is 0. The van der Waals surface area contributed by atoms with Gasteiger partial charge in [0, 0.05) is 95.5 Å². The molecule has 13 aromatic carbocycles. The summed E-state index contributed by atoms with van der Waals surface area (Å²) in [6.07, 6.45) is 0. The lowest BCUT2D eigenvalue weighted by molar-refractivity contribution is 0.640. The van der Waals surface area contributed by atoms with E-state index in [1.54, 1.807) is 0 Å². The molecule has 0 radical (unpaired) electrons. The summed E-state index contributed by atoms with van der Waals surface area (Å²) in [6.45, 7) is 18.3. The highest BCUT2D eigenvalue weighted by molar-refractivity contribution is 14.1. The highest BCUT2D eigenvalue weighted by Gasteiger charge is 2.28. The molecule has 13 aromatic rings. The van der Waals surface area contributed by atoms with Gasteiger partial charge in [0.25, 0.3) is 0 Å². The van der Waals surface area contributed by atoms with Crippen molar-refractivity contribution >= 4 is 127 Å². The molecule has 0 spiro atoms. The van der Waals surface area contributed by atoms with Crippen LogP contribution in [0.1, 0.15) is 115 Å². The van der Waals surface area contributed by atoms with Gasteiger partial charge in [-0.05, 0) is 237 Å². The summed E-state index contributed by atoms with van der Waals surface area (Å²) in [6, 6.07) is 121. The topological polar surface area (TPSA) is 35.7 Å². The number of benzene rings is 13. The van der Waals surface area contributed by atoms with Crippen molar-refractivity contribution in [3.63, 3.8) is 0 Å². The second kappa shape index (κ2) is 33.6. The first-order valence-electron chi connectivity index (χ1n) is 33.1. The quantitative estimate of drug-likeness (QED) is 0.0728. The Labute approximate surface area is 635 Å². The Balaban J connectivity index is 0.000000213. The summed E-state index contributed by atoms with van der Waals surface area (Å²) >= 11 is 12.8. The van der Waals surface area contributed by atoms with Gasteiger partial charge in [0.1, 0.15) is 0 Å². The number of anilines is 10. The summed E-state index contributed by atoms with van der Waals surface area (Å²) in [5, 5.41) is 0. The molecule has 506 valence electrons. The van der Waals surface area contributed by atoms with Crippen molar-refractivity contribution in [1.82, 2.24) is 0 Å². The normalized spacial score (nSPS) is 11.3. The molecule has 13 rings (SSSR count). The highest BCUT2D eigenvalue weighted by atomic mass is 127. The zero-order valence-corrected chi connectivity index (χ0v) is 63.7. The van der Waals surface area contributed by atoms with Crippen molar-refractivity contribution in [3.05, 3.63) is 401 Å². The predicted octanol–water partition coefficient (Wildman–Crippen LogP) is 28.5. The van der Waals surface area contributed by atoms with Gasteiger partial charge in [-0.15, -0.1) is 0 Å². The van der Waals surface area contributed by atoms with Crippen molar-refractivity contribution in [1.29, 1.82) is 0 Å². The smallest absolute Gasteiger partial charge is 0.0463 e. The molecule has 0 unspecified atom stereocenters. The largest absolute Gasteiger partial charge is 0.399 e. The minimum atomic E-state index is -0.125. The maximum atomic E-state index is 6.03. The van der Waals surface area contributed by atoms with Crippen molar-refractivity contribution in [2.24, 2.45) is 0 Å². The van der Waals surface area contributed by atoms with Gasteiger partial charge >= 0.3 is 0 Å². The van der Waals surface area contributed by atoms with Crippen LogP contribution in [0.15, 0.2) is 353 Å². The van der Waals surface area contributed by atoms with E-state index >= 15 is 0 Å². The molecule has 8 heteroatoms. The Morgan fingerprint density at radius 1 is 0.220 bits per heavy atom. The van der Waals surface area contributed by atoms with Crippen LogP contribution < -0.4 is 20.4 Å². The molecule has 0 aliphatic carbocycles. The van der Waals surface area contributed by atoms with Crippen LogP contribution in [0.4, 0.5) is 56.9 Å². The number of hydrogen-bond donors (Lipinski definition) is 1. The lowest BCUT2D eigenvalue weighted by Crippen LogP contribution is -2.19. The Bertz CT molecular complexity index is 4370. The molecule has 0 amide bonds. The SMILES string of the molecule is Brc1ccc(I)cc1.C.C.CC(C)(c1ccccc1)c1ccc(N(c2ccc(N(c3ccc(Br)cc3)c3ccc(Br)cc3)cc2)c2ccc(C(C)(C)c3ccccc3)cc2)cc1.CC(C)(c1ccccc1)c1ccc(N(c2ccc(N)cc2)c2ccc(C(C)(C)c3ccccc3)cc2)cc1. The van der Waals surface area contributed by atoms with E-state index in [-0.39, 0.29) is 36.5 Å². The number of nitrogens with zero attached hydrogens (tertiary/aromatic N) is 3. The Morgan fingerprint density at radius 2 is 0.370 bits per heavy atom.